The lowest BCUT2D eigenvalue weighted by atomic mass is 9.73. The topological polar surface area (TPSA) is 111 Å². The van der Waals surface area contributed by atoms with E-state index in [1.807, 2.05) is 13.8 Å². The first-order valence-corrected chi connectivity index (χ1v) is 14.7. The van der Waals surface area contributed by atoms with Crippen molar-refractivity contribution < 1.29 is 14.2 Å². The van der Waals surface area contributed by atoms with Crippen molar-refractivity contribution in [1.82, 2.24) is 9.97 Å². The van der Waals surface area contributed by atoms with Gasteiger partial charge >= 0.3 is 0 Å². The molecule has 190 valence electrons. The molecule has 1 aliphatic heterocycles. The quantitative estimate of drug-likeness (QED) is 0.472. The number of rotatable bonds is 5. The summed E-state index contributed by atoms with van der Waals surface area (Å²) in [6.07, 6.45) is 13.4. The molecule has 1 aromatic carbocycles. The Morgan fingerprint density at radius 1 is 1.22 bits per heavy atom. The predicted molar refractivity (Wildman–Crippen MR) is 145 cm³/mol. The summed E-state index contributed by atoms with van der Waals surface area (Å²) in [5, 5.41) is 0.954. The highest BCUT2D eigenvalue weighted by Gasteiger charge is 2.37. The zero-order valence-electron chi connectivity index (χ0n) is 20.6. The summed E-state index contributed by atoms with van der Waals surface area (Å²) in [6.45, 7) is 3.97. The molecular formula is C27H32ClN4O3P. The van der Waals surface area contributed by atoms with Gasteiger partial charge in [-0.3, -0.25) is 4.57 Å². The number of benzene rings is 1. The number of hydrogen-bond donors (Lipinski definition) is 2. The van der Waals surface area contributed by atoms with Gasteiger partial charge in [0.15, 0.2) is 11.5 Å². The monoisotopic (exact) mass is 526 g/mol. The minimum absolute atomic E-state index is 0.261. The van der Waals surface area contributed by atoms with Gasteiger partial charge < -0.3 is 15.4 Å². The number of hydrogen-bond acceptors (Lipinski definition) is 6. The third-order valence-corrected chi connectivity index (χ3v) is 9.91. The van der Waals surface area contributed by atoms with Gasteiger partial charge in [0.2, 0.25) is 13.2 Å². The maximum atomic E-state index is 13.0. The van der Waals surface area contributed by atoms with Crippen LogP contribution >= 0.6 is 19.0 Å². The Kier molecular flexibility index (Phi) is 6.84. The second kappa shape index (κ2) is 9.77. The third kappa shape index (κ3) is 5.15. The summed E-state index contributed by atoms with van der Waals surface area (Å²) >= 11 is 6.03. The van der Waals surface area contributed by atoms with Gasteiger partial charge in [-0.2, -0.15) is 4.98 Å². The first-order valence-electron chi connectivity index (χ1n) is 12.5. The van der Waals surface area contributed by atoms with Crippen molar-refractivity contribution >= 4 is 41.5 Å². The van der Waals surface area contributed by atoms with Crippen LogP contribution in [0.1, 0.15) is 46.0 Å². The Labute approximate surface area is 217 Å². The lowest BCUT2D eigenvalue weighted by Crippen LogP contribution is -2.41. The summed E-state index contributed by atoms with van der Waals surface area (Å²) in [5.41, 5.74) is 7.74. The Balaban J connectivity index is 1.21. The molecule has 3 N–H and O–H groups in total. The van der Waals surface area contributed by atoms with E-state index < -0.39 is 13.0 Å². The molecule has 0 radical (unpaired) electrons. The van der Waals surface area contributed by atoms with E-state index in [-0.39, 0.29) is 5.92 Å². The highest BCUT2D eigenvalue weighted by atomic mass is 35.5. The molecule has 9 heteroatoms. The van der Waals surface area contributed by atoms with Crippen LogP contribution in [0.5, 0.6) is 5.88 Å². The maximum absolute atomic E-state index is 13.0. The highest BCUT2D eigenvalue weighted by Crippen LogP contribution is 2.47. The fraction of sp³-hybridized carbons (Fsp3) is 0.444. The first-order chi connectivity index (χ1) is 17.1. The molecule has 3 aliphatic rings. The van der Waals surface area contributed by atoms with Crippen molar-refractivity contribution in [3.63, 3.8) is 0 Å². The van der Waals surface area contributed by atoms with E-state index in [1.54, 1.807) is 24.3 Å². The zero-order valence-corrected chi connectivity index (χ0v) is 22.3. The van der Waals surface area contributed by atoms with Crippen molar-refractivity contribution in [3.8, 4) is 5.88 Å². The van der Waals surface area contributed by atoms with Gasteiger partial charge in [0, 0.05) is 16.5 Å². The van der Waals surface area contributed by atoms with Crippen LogP contribution in [0.15, 0.2) is 59.4 Å². The van der Waals surface area contributed by atoms with Gasteiger partial charge in [0.1, 0.15) is 11.9 Å². The molecule has 0 amide bonds. The van der Waals surface area contributed by atoms with E-state index in [0.717, 1.165) is 43.4 Å². The molecule has 1 aromatic heterocycles. The van der Waals surface area contributed by atoms with E-state index in [9.17, 15) is 9.46 Å². The number of nitrogens with two attached hydrogens (primary N) is 1. The van der Waals surface area contributed by atoms with Crippen LogP contribution in [-0.2, 0) is 4.57 Å². The molecule has 2 aliphatic carbocycles. The molecule has 0 bridgehead atoms. The molecule has 2 aromatic rings. The number of nitrogen functional groups attached to an aromatic ring is 1. The SMILES string of the molecule is CC1(C)Oc2ncnc(N)c2N=C1C1=CCC([C@H]2CC[C@H](CP(=O)(O)c3cccc(Cl)c3)CC2)C=C1. The number of anilines is 1. The molecular weight excluding hydrogens is 495 g/mol. The number of aromatic nitrogens is 2. The molecule has 1 fully saturated rings. The molecule has 7 nitrogen and oxygen atoms in total. The van der Waals surface area contributed by atoms with E-state index in [0.29, 0.717) is 45.7 Å². The van der Waals surface area contributed by atoms with Gasteiger partial charge in [-0.05, 0) is 87.5 Å². The molecule has 5 rings (SSSR count). The van der Waals surface area contributed by atoms with Crippen LogP contribution in [0, 0.1) is 17.8 Å². The smallest absolute Gasteiger partial charge is 0.246 e. The molecule has 0 saturated heterocycles. The number of nitrogens with zero attached hydrogens (tertiary/aromatic N) is 3. The molecule has 2 heterocycles. The van der Waals surface area contributed by atoms with E-state index in [2.05, 4.69) is 28.2 Å². The van der Waals surface area contributed by atoms with Crippen LogP contribution in [0.25, 0.3) is 0 Å². The summed E-state index contributed by atoms with van der Waals surface area (Å²) in [7, 11) is -3.41. The average Bonchev–Trinajstić information content (AvgIpc) is 2.84. The van der Waals surface area contributed by atoms with Gasteiger partial charge in [-0.15, -0.1) is 0 Å². The molecule has 2 unspecified atom stereocenters. The highest BCUT2D eigenvalue weighted by molar-refractivity contribution is 7.66. The fourth-order valence-electron chi connectivity index (χ4n) is 5.61. The second-order valence-electron chi connectivity index (χ2n) is 10.5. The number of allylic oxidation sites excluding steroid dienone is 3. The standard InChI is InChI=1S/C27H32ClN4O3P/c1-27(2)24(32-23-25(29)30-16-31-26(23)35-27)20-12-10-19(11-13-20)18-8-6-17(7-9-18)15-36(33,34)22-5-3-4-21(28)14-22/h3-5,10,12-14,16-19H,6-9,11,15H2,1-2H3,(H,33,34)(H2,29,30,31)/t17-,18-,19?. The van der Waals surface area contributed by atoms with Crippen LogP contribution in [-0.4, -0.2) is 32.3 Å². The minimum Gasteiger partial charge on any atom is -0.463 e. The van der Waals surface area contributed by atoms with Crippen LogP contribution in [0.2, 0.25) is 5.02 Å². The predicted octanol–water partition coefficient (Wildman–Crippen LogP) is 5.86. The molecule has 0 spiro atoms. The van der Waals surface area contributed by atoms with Gasteiger partial charge in [-0.1, -0.05) is 35.9 Å². The molecule has 36 heavy (non-hydrogen) atoms. The number of ether oxygens (including phenoxy) is 1. The van der Waals surface area contributed by atoms with Crippen LogP contribution in [0.3, 0.4) is 0 Å². The number of fused-ring (bicyclic) bond motifs is 1. The summed E-state index contributed by atoms with van der Waals surface area (Å²) in [5.74, 6) is 2.01. The van der Waals surface area contributed by atoms with E-state index in [1.165, 1.54) is 6.33 Å². The average molecular weight is 527 g/mol. The Morgan fingerprint density at radius 3 is 2.69 bits per heavy atom. The summed E-state index contributed by atoms with van der Waals surface area (Å²) < 4.78 is 19.1. The zero-order chi connectivity index (χ0) is 25.5. The van der Waals surface area contributed by atoms with Crippen molar-refractivity contribution in [2.45, 2.75) is 51.6 Å². The van der Waals surface area contributed by atoms with E-state index in [4.69, 9.17) is 27.1 Å². The normalized spacial score (nSPS) is 26.7. The largest absolute Gasteiger partial charge is 0.463 e. The lowest BCUT2D eigenvalue weighted by molar-refractivity contribution is 0.171. The minimum atomic E-state index is -3.41. The Bertz CT molecular complexity index is 1300. The number of aliphatic imine (C=N–C) groups is 1. The molecule has 2 atom stereocenters. The summed E-state index contributed by atoms with van der Waals surface area (Å²) in [4.78, 5) is 23.7. The molecule has 1 saturated carbocycles. The summed E-state index contributed by atoms with van der Waals surface area (Å²) in [6, 6.07) is 6.79. The van der Waals surface area contributed by atoms with Crippen LogP contribution in [0.4, 0.5) is 11.5 Å². The lowest BCUT2D eigenvalue weighted by Gasteiger charge is -2.36. The van der Waals surface area contributed by atoms with Crippen molar-refractivity contribution in [2.24, 2.45) is 22.7 Å². The van der Waals surface area contributed by atoms with Gasteiger partial charge in [0.25, 0.3) is 0 Å². The fourth-order valence-corrected chi connectivity index (χ4v) is 7.82. The Hall–Kier alpha value is -2.47. The number of halogens is 1. The maximum Gasteiger partial charge on any atom is 0.246 e. The Morgan fingerprint density at radius 2 is 2.00 bits per heavy atom. The van der Waals surface area contributed by atoms with Gasteiger partial charge in [0.05, 0.1) is 5.71 Å². The van der Waals surface area contributed by atoms with E-state index >= 15 is 0 Å². The van der Waals surface area contributed by atoms with Crippen molar-refractivity contribution in [3.05, 3.63) is 59.4 Å². The van der Waals surface area contributed by atoms with Crippen molar-refractivity contribution in [1.29, 1.82) is 0 Å². The third-order valence-electron chi connectivity index (χ3n) is 7.58. The van der Waals surface area contributed by atoms with Gasteiger partial charge in [-0.25, -0.2) is 9.98 Å². The van der Waals surface area contributed by atoms with Crippen LogP contribution < -0.4 is 15.8 Å². The van der Waals surface area contributed by atoms with Crippen molar-refractivity contribution in [2.75, 3.05) is 11.9 Å². The first kappa shape index (κ1) is 25.2. The second-order valence-corrected chi connectivity index (χ2v) is 13.3.